The minimum atomic E-state index is 1.09. The van der Waals surface area contributed by atoms with Crippen LogP contribution in [0.15, 0.2) is 224 Å². The zero-order chi connectivity index (χ0) is 37.3. The molecule has 9 aromatic carbocycles. The molecule has 2 heteroatoms. The number of anilines is 3. The van der Waals surface area contributed by atoms with E-state index in [1.54, 1.807) is 0 Å². The fourth-order valence-corrected chi connectivity index (χ4v) is 9.12. The van der Waals surface area contributed by atoms with Gasteiger partial charge < -0.3 is 4.90 Å². The molecule has 0 unspecified atom stereocenters. The molecular weight excluding hydrogens is 695 g/mol. The topological polar surface area (TPSA) is 3.24 Å². The van der Waals surface area contributed by atoms with Crippen LogP contribution in [0.25, 0.3) is 75.8 Å². The number of fused-ring (bicyclic) bond motifs is 3. The lowest BCUT2D eigenvalue weighted by Crippen LogP contribution is -2.11. The summed E-state index contributed by atoms with van der Waals surface area (Å²) in [7, 11) is 0. The van der Waals surface area contributed by atoms with Gasteiger partial charge in [0.2, 0.25) is 0 Å². The molecular formula is C54H37NS. The first-order valence-electron chi connectivity index (χ1n) is 19.1. The number of thiophene rings is 1. The quantitative estimate of drug-likeness (QED) is 0.150. The minimum absolute atomic E-state index is 1.09. The SMILES string of the molecule is c1ccc(-c2cc(-c3ccccc3)cc(N(c3ccc(-c4cccc5c4sc4ccccc45)cc3)c3cc(-c4ccccc4)cc(-c4ccccc4)c3)c2)cc1. The van der Waals surface area contributed by atoms with Crippen molar-refractivity contribution in [3.8, 4) is 55.6 Å². The van der Waals surface area contributed by atoms with Crippen LogP contribution >= 0.6 is 11.3 Å². The van der Waals surface area contributed by atoms with Gasteiger partial charge >= 0.3 is 0 Å². The summed E-state index contributed by atoms with van der Waals surface area (Å²) in [5.41, 5.74) is 15.1. The maximum atomic E-state index is 2.43. The van der Waals surface area contributed by atoms with Crippen molar-refractivity contribution in [1.82, 2.24) is 0 Å². The van der Waals surface area contributed by atoms with E-state index in [1.807, 2.05) is 11.3 Å². The summed E-state index contributed by atoms with van der Waals surface area (Å²) < 4.78 is 2.64. The maximum Gasteiger partial charge on any atom is 0.0473 e. The van der Waals surface area contributed by atoms with Gasteiger partial charge in [-0.3, -0.25) is 0 Å². The third-order valence-corrected chi connectivity index (χ3v) is 11.8. The van der Waals surface area contributed by atoms with Crippen molar-refractivity contribution in [3.05, 3.63) is 224 Å². The second kappa shape index (κ2) is 14.7. The van der Waals surface area contributed by atoms with E-state index in [-0.39, 0.29) is 0 Å². The molecule has 1 nitrogen and oxygen atoms in total. The van der Waals surface area contributed by atoms with Crippen molar-refractivity contribution in [2.45, 2.75) is 0 Å². The summed E-state index contributed by atoms with van der Waals surface area (Å²) in [4.78, 5) is 2.43. The summed E-state index contributed by atoms with van der Waals surface area (Å²) in [6.07, 6.45) is 0. The summed E-state index contributed by atoms with van der Waals surface area (Å²) in [6, 6.07) is 81.4. The fraction of sp³-hybridized carbons (Fsp3) is 0. The Hall–Kier alpha value is -7.00. The fourth-order valence-electron chi connectivity index (χ4n) is 7.88. The lowest BCUT2D eigenvalue weighted by Gasteiger charge is -2.28. The molecule has 0 amide bonds. The second-order valence-electron chi connectivity index (χ2n) is 14.2. The molecule has 0 N–H and O–H groups in total. The summed E-state index contributed by atoms with van der Waals surface area (Å²) in [6.45, 7) is 0. The maximum absolute atomic E-state index is 2.43. The zero-order valence-electron chi connectivity index (χ0n) is 30.7. The van der Waals surface area contributed by atoms with E-state index in [4.69, 9.17) is 0 Å². The largest absolute Gasteiger partial charge is 0.310 e. The van der Waals surface area contributed by atoms with Gasteiger partial charge in [0, 0.05) is 37.2 Å². The smallest absolute Gasteiger partial charge is 0.0473 e. The molecule has 56 heavy (non-hydrogen) atoms. The third kappa shape index (κ3) is 6.47. The van der Waals surface area contributed by atoms with Crippen LogP contribution in [0, 0.1) is 0 Å². The van der Waals surface area contributed by atoms with Crippen LogP contribution in [-0.2, 0) is 0 Å². The number of rotatable bonds is 8. The first-order chi connectivity index (χ1) is 27.7. The third-order valence-electron chi connectivity index (χ3n) is 10.6. The first-order valence-corrected chi connectivity index (χ1v) is 19.9. The summed E-state index contributed by atoms with van der Waals surface area (Å²) in [5, 5.41) is 2.63. The predicted octanol–water partition coefficient (Wildman–Crippen LogP) is 15.9. The minimum Gasteiger partial charge on any atom is -0.310 e. The molecule has 0 atom stereocenters. The average molecular weight is 732 g/mol. The lowest BCUT2D eigenvalue weighted by atomic mass is 9.95. The van der Waals surface area contributed by atoms with Gasteiger partial charge in [-0.15, -0.1) is 11.3 Å². The van der Waals surface area contributed by atoms with Gasteiger partial charge in [0.1, 0.15) is 0 Å². The highest BCUT2D eigenvalue weighted by Gasteiger charge is 2.19. The Bertz CT molecular complexity index is 2690. The van der Waals surface area contributed by atoms with Crippen molar-refractivity contribution in [2.75, 3.05) is 4.90 Å². The number of nitrogens with zero attached hydrogens (tertiary/aromatic N) is 1. The number of hydrogen-bond acceptors (Lipinski definition) is 2. The van der Waals surface area contributed by atoms with Crippen molar-refractivity contribution in [3.63, 3.8) is 0 Å². The van der Waals surface area contributed by atoms with Crippen molar-refractivity contribution in [1.29, 1.82) is 0 Å². The van der Waals surface area contributed by atoms with E-state index in [0.717, 1.165) is 17.1 Å². The van der Waals surface area contributed by atoms with Gasteiger partial charge in [0.25, 0.3) is 0 Å². The van der Waals surface area contributed by atoms with E-state index in [1.165, 1.54) is 75.8 Å². The Morgan fingerprint density at radius 2 is 0.679 bits per heavy atom. The summed E-state index contributed by atoms with van der Waals surface area (Å²) >= 11 is 1.87. The Morgan fingerprint density at radius 3 is 1.14 bits per heavy atom. The van der Waals surface area contributed by atoms with E-state index < -0.39 is 0 Å². The second-order valence-corrected chi connectivity index (χ2v) is 15.2. The van der Waals surface area contributed by atoms with Gasteiger partial charge in [0.15, 0.2) is 0 Å². The molecule has 10 aromatic rings. The van der Waals surface area contributed by atoms with Crippen LogP contribution in [0.3, 0.4) is 0 Å². The first kappa shape index (κ1) is 33.6. The highest BCUT2D eigenvalue weighted by Crippen LogP contribution is 2.44. The van der Waals surface area contributed by atoms with Crippen LogP contribution in [0.4, 0.5) is 17.1 Å². The predicted molar refractivity (Wildman–Crippen MR) is 241 cm³/mol. The zero-order valence-corrected chi connectivity index (χ0v) is 31.5. The van der Waals surface area contributed by atoms with Crippen LogP contribution < -0.4 is 4.90 Å². The monoisotopic (exact) mass is 731 g/mol. The van der Waals surface area contributed by atoms with Crippen LogP contribution in [-0.4, -0.2) is 0 Å². The molecule has 0 aliphatic carbocycles. The highest BCUT2D eigenvalue weighted by atomic mass is 32.1. The molecule has 1 heterocycles. The van der Waals surface area contributed by atoms with E-state index >= 15 is 0 Å². The number of benzene rings is 9. The van der Waals surface area contributed by atoms with Gasteiger partial charge in [-0.1, -0.05) is 170 Å². The highest BCUT2D eigenvalue weighted by molar-refractivity contribution is 7.26. The van der Waals surface area contributed by atoms with E-state index in [9.17, 15) is 0 Å². The molecule has 0 spiro atoms. The molecule has 0 aliphatic heterocycles. The van der Waals surface area contributed by atoms with Gasteiger partial charge in [-0.05, 0) is 110 Å². The van der Waals surface area contributed by atoms with Crippen molar-refractivity contribution in [2.24, 2.45) is 0 Å². The Balaban J connectivity index is 1.20. The van der Waals surface area contributed by atoms with Gasteiger partial charge in [-0.2, -0.15) is 0 Å². The molecule has 0 bridgehead atoms. The van der Waals surface area contributed by atoms with E-state index in [2.05, 4.69) is 229 Å². The summed E-state index contributed by atoms with van der Waals surface area (Å²) in [5.74, 6) is 0. The molecule has 0 saturated carbocycles. The number of hydrogen-bond donors (Lipinski definition) is 0. The molecule has 0 aliphatic rings. The lowest BCUT2D eigenvalue weighted by molar-refractivity contribution is 1.28. The molecule has 10 rings (SSSR count). The van der Waals surface area contributed by atoms with Crippen molar-refractivity contribution >= 4 is 48.6 Å². The van der Waals surface area contributed by atoms with E-state index in [0.29, 0.717) is 0 Å². The van der Waals surface area contributed by atoms with Crippen molar-refractivity contribution < 1.29 is 0 Å². The average Bonchev–Trinajstić information content (AvgIpc) is 3.67. The molecule has 1 aromatic heterocycles. The molecule has 0 fully saturated rings. The Morgan fingerprint density at radius 1 is 0.268 bits per heavy atom. The van der Waals surface area contributed by atoms with Gasteiger partial charge in [-0.25, -0.2) is 0 Å². The molecule has 264 valence electrons. The van der Waals surface area contributed by atoms with Crippen LogP contribution in [0.1, 0.15) is 0 Å². The van der Waals surface area contributed by atoms with Crippen LogP contribution in [0.2, 0.25) is 0 Å². The molecule has 0 radical (unpaired) electrons. The normalized spacial score (nSPS) is 11.2. The molecule has 0 saturated heterocycles. The van der Waals surface area contributed by atoms with Gasteiger partial charge in [0.05, 0.1) is 0 Å². The standard InChI is InChI=1S/C54H37NS/c1-5-16-38(17-6-1)43-32-44(39-18-7-2-8-19-39)35-48(34-43)55(49-36-45(40-20-9-3-10-21-40)33-46(37-49)41-22-11-4-12-23-41)47-30-28-42(29-31-47)50-25-15-26-52-51-24-13-14-27-53(51)56-54(50)52/h1-37H. The van der Waals surface area contributed by atoms with Crippen LogP contribution in [0.5, 0.6) is 0 Å². The Labute approximate surface area is 332 Å². The Kier molecular flexibility index (Phi) is 8.79.